The number of para-hydroxylation sites is 1. The first-order chi connectivity index (χ1) is 8.27. The number of carbonyl (C=O) groups excluding carboxylic acids is 1. The van der Waals surface area contributed by atoms with Gasteiger partial charge in [0.05, 0.1) is 16.3 Å². The van der Waals surface area contributed by atoms with Crippen LogP contribution in [0, 0.1) is 0 Å². The van der Waals surface area contributed by atoms with Crippen molar-refractivity contribution >= 4 is 27.1 Å². The van der Waals surface area contributed by atoms with Crippen molar-refractivity contribution in [3.63, 3.8) is 0 Å². The maximum atomic E-state index is 11.5. The normalized spacial score (nSPS) is 12.8. The molecule has 1 rings (SSSR count). The number of benzene rings is 1. The summed E-state index contributed by atoms with van der Waals surface area (Å²) in [5, 5.41) is 5.36. The van der Waals surface area contributed by atoms with E-state index in [0.29, 0.717) is 5.69 Å². The lowest BCUT2D eigenvalue weighted by Gasteiger charge is -2.16. The fourth-order valence-corrected chi connectivity index (χ4v) is 2.34. The summed E-state index contributed by atoms with van der Waals surface area (Å²) < 4.78 is 23.0. The largest absolute Gasteiger partial charge is 0.396 e. The van der Waals surface area contributed by atoms with Gasteiger partial charge in [-0.05, 0) is 19.1 Å². The van der Waals surface area contributed by atoms with Gasteiger partial charge < -0.3 is 16.4 Å². The standard InChI is InChI=1S/C11H17N3O3S/c1-7(11(15)13-2)14-8-5-4-6-9(10(8)12)18(3,16)17/h4-7,14H,12H2,1-3H3,(H,13,15). The number of hydrogen-bond donors (Lipinski definition) is 3. The molecular formula is C11H17N3O3S. The summed E-state index contributed by atoms with van der Waals surface area (Å²) in [4.78, 5) is 11.4. The fraction of sp³-hybridized carbons (Fsp3) is 0.364. The van der Waals surface area contributed by atoms with Gasteiger partial charge in [0, 0.05) is 13.3 Å². The second-order valence-corrected chi connectivity index (χ2v) is 5.95. The fourth-order valence-electron chi connectivity index (χ4n) is 1.51. The molecule has 1 atom stereocenters. The van der Waals surface area contributed by atoms with Crippen molar-refractivity contribution in [1.82, 2.24) is 5.32 Å². The number of amides is 1. The van der Waals surface area contributed by atoms with Crippen LogP contribution in [-0.4, -0.2) is 33.7 Å². The van der Waals surface area contributed by atoms with Gasteiger partial charge in [-0.1, -0.05) is 6.07 Å². The summed E-state index contributed by atoms with van der Waals surface area (Å²) in [7, 11) is -1.86. The Morgan fingerprint density at radius 1 is 1.39 bits per heavy atom. The Kier molecular flexibility index (Phi) is 4.18. The maximum absolute atomic E-state index is 11.5. The van der Waals surface area contributed by atoms with E-state index in [2.05, 4.69) is 10.6 Å². The maximum Gasteiger partial charge on any atom is 0.241 e. The summed E-state index contributed by atoms with van der Waals surface area (Å²) in [6, 6.07) is 4.13. The third kappa shape index (κ3) is 3.13. The Hall–Kier alpha value is -1.76. The van der Waals surface area contributed by atoms with Crippen LogP contribution in [0.15, 0.2) is 23.1 Å². The molecule has 1 unspecified atom stereocenters. The number of sulfone groups is 1. The SMILES string of the molecule is CNC(=O)C(C)Nc1cccc(S(C)(=O)=O)c1N. The van der Waals surface area contributed by atoms with Gasteiger partial charge in [0.2, 0.25) is 5.91 Å². The number of nitrogens with one attached hydrogen (secondary N) is 2. The third-order valence-corrected chi connectivity index (χ3v) is 3.63. The van der Waals surface area contributed by atoms with Crippen LogP contribution in [0.1, 0.15) is 6.92 Å². The molecule has 18 heavy (non-hydrogen) atoms. The van der Waals surface area contributed by atoms with Gasteiger partial charge in [-0.3, -0.25) is 4.79 Å². The van der Waals surface area contributed by atoms with E-state index in [-0.39, 0.29) is 16.5 Å². The molecule has 0 saturated carbocycles. The summed E-state index contributed by atoms with van der Waals surface area (Å²) in [6.07, 6.45) is 1.09. The van der Waals surface area contributed by atoms with Crippen LogP contribution in [0.2, 0.25) is 0 Å². The van der Waals surface area contributed by atoms with E-state index in [0.717, 1.165) is 6.26 Å². The van der Waals surface area contributed by atoms with Gasteiger partial charge in [-0.2, -0.15) is 0 Å². The van der Waals surface area contributed by atoms with Crippen molar-refractivity contribution in [3.05, 3.63) is 18.2 Å². The highest BCUT2D eigenvalue weighted by Gasteiger charge is 2.17. The molecular weight excluding hydrogens is 254 g/mol. The molecule has 4 N–H and O–H groups in total. The third-order valence-electron chi connectivity index (χ3n) is 2.48. The zero-order valence-electron chi connectivity index (χ0n) is 10.5. The van der Waals surface area contributed by atoms with Crippen LogP contribution in [0.4, 0.5) is 11.4 Å². The summed E-state index contributed by atoms with van der Waals surface area (Å²) >= 11 is 0. The highest BCUT2D eigenvalue weighted by molar-refractivity contribution is 7.90. The van der Waals surface area contributed by atoms with Crippen LogP contribution in [0.5, 0.6) is 0 Å². The van der Waals surface area contributed by atoms with Crippen molar-refractivity contribution < 1.29 is 13.2 Å². The van der Waals surface area contributed by atoms with Gasteiger partial charge >= 0.3 is 0 Å². The number of anilines is 2. The smallest absolute Gasteiger partial charge is 0.241 e. The van der Waals surface area contributed by atoms with Gasteiger partial charge in [-0.25, -0.2) is 8.42 Å². The zero-order valence-corrected chi connectivity index (χ0v) is 11.3. The number of rotatable bonds is 4. The first-order valence-corrected chi connectivity index (χ1v) is 7.23. The molecule has 100 valence electrons. The Balaban J connectivity index is 3.09. The molecule has 0 radical (unpaired) electrons. The van der Waals surface area contributed by atoms with E-state index in [1.807, 2.05) is 0 Å². The number of nitrogen functional groups attached to an aromatic ring is 1. The van der Waals surface area contributed by atoms with E-state index in [9.17, 15) is 13.2 Å². The van der Waals surface area contributed by atoms with Crippen LogP contribution in [-0.2, 0) is 14.6 Å². The van der Waals surface area contributed by atoms with Crippen molar-refractivity contribution in [2.75, 3.05) is 24.4 Å². The predicted molar refractivity (Wildman–Crippen MR) is 71.1 cm³/mol. The predicted octanol–water partition coefficient (Wildman–Crippen LogP) is 0.219. The zero-order chi connectivity index (χ0) is 13.9. The molecule has 7 heteroatoms. The minimum atomic E-state index is -3.38. The molecule has 0 aromatic heterocycles. The van der Waals surface area contributed by atoms with Crippen molar-refractivity contribution in [1.29, 1.82) is 0 Å². The van der Waals surface area contributed by atoms with E-state index < -0.39 is 15.9 Å². The van der Waals surface area contributed by atoms with Crippen LogP contribution in [0.25, 0.3) is 0 Å². The minimum Gasteiger partial charge on any atom is -0.396 e. The highest BCUT2D eigenvalue weighted by Crippen LogP contribution is 2.26. The summed E-state index contributed by atoms with van der Waals surface area (Å²) in [5.41, 5.74) is 6.33. The summed E-state index contributed by atoms with van der Waals surface area (Å²) in [5.74, 6) is -0.209. The Bertz CT molecular complexity index is 555. The van der Waals surface area contributed by atoms with Gasteiger partial charge in [0.15, 0.2) is 9.84 Å². The number of nitrogens with two attached hydrogens (primary N) is 1. The molecule has 0 saturated heterocycles. The average molecular weight is 271 g/mol. The molecule has 6 nitrogen and oxygen atoms in total. The molecule has 0 heterocycles. The molecule has 1 aromatic rings. The molecule has 1 amide bonds. The quantitative estimate of drug-likeness (QED) is 0.680. The van der Waals surface area contributed by atoms with Crippen LogP contribution >= 0.6 is 0 Å². The van der Waals surface area contributed by atoms with Crippen molar-refractivity contribution in [3.8, 4) is 0 Å². The second kappa shape index (κ2) is 5.26. The number of hydrogen-bond acceptors (Lipinski definition) is 5. The molecule has 0 aliphatic heterocycles. The average Bonchev–Trinajstić information content (AvgIpc) is 2.29. The monoisotopic (exact) mass is 271 g/mol. The Morgan fingerprint density at radius 2 is 2.00 bits per heavy atom. The van der Waals surface area contributed by atoms with Crippen molar-refractivity contribution in [2.24, 2.45) is 0 Å². The Labute approximate surface area is 106 Å². The molecule has 0 aliphatic rings. The first-order valence-electron chi connectivity index (χ1n) is 5.34. The lowest BCUT2D eigenvalue weighted by atomic mass is 10.2. The topological polar surface area (TPSA) is 101 Å². The van der Waals surface area contributed by atoms with Crippen molar-refractivity contribution in [2.45, 2.75) is 17.9 Å². The molecule has 0 aliphatic carbocycles. The number of carbonyl (C=O) groups is 1. The lowest BCUT2D eigenvalue weighted by molar-refractivity contribution is -0.121. The van der Waals surface area contributed by atoms with Crippen LogP contribution < -0.4 is 16.4 Å². The Morgan fingerprint density at radius 3 is 2.50 bits per heavy atom. The van der Waals surface area contributed by atoms with E-state index >= 15 is 0 Å². The molecule has 0 fully saturated rings. The summed E-state index contributed by atoms with van der Waals surface area (Å²) in [6.45, 7) is 1.66. The number of likely N-dealkylation sites (N-methyl/N-ethyl adjacent to an activating group) is 1. The molecule has 0 bridgehead atoms. The highest BCUT2D eigenvalue weighted by atomic mass is 32.2. The van der Waals surface area contributed by atoms with Gasteiger partial charge in [0.25, 0.3) is 0 Å². The molecule has 1 aromatic carbocycles. The van der Waals surface area contributed by atoms with E-state index in [1.165, 1.54) is 13.1 Å². The van der Waals surface area contributed by atoms with E-state index in [1.54, 1.807) is 19.1 Å². The van der Waals surface area contributed by atoms with Gasteiger partial charge in [0.1, 0.15) is 6.04 Å². The lowest BCUT2D eigenvalue weighted by Crippen LogP contribution is -2.35. The second-order valence-electron chi connectivity index (χ2n) is 3.97. The van der Waals surface area contributed by atoms with Gasteiger partial charge in [-0.15, -0.1) is 0 Å². The first kappa shape index (κ1) is 14.3. The van der Waals surface area contributed by atoms with E-state index in [4.69, 9.17) is 5.73 Å². The molecule has 0 spiro atoms. The minimum absolute atomic E-state index is 0.0524. The van der Waals surface area contributed by atoms with Crippen LogP contribution in [0.3, 0.4) is 0 Å².